The zero-order chi connectivity index (χ0) is 21.0. The molecule has 1 atom stereocenters. The molecule has 1 aromatic rings. The number of rotatable bonds is 6. The number of hydrogen-bond acceptors (Lipinski definition) is 3. The maximum atomic E-state index is 14.1. The van der Waals surface area contributed by atoms with Gasteiger partial charge in [-0.1, -0.05) is 17.7 Å². The van der Waals surface area contributed by atoms with Crippen molar-refractivity contribution < 1.29 is 40.7 Å². The molecule has 1 rings (SSSR count). The number of hydrogen-bond donors (Lipinski definition) is 2. The van der Waals surface area contributed by atoms with E-state index < -0.39 is 40.4 Å². The van der Waals surface area contributed by atoms with Crippen molar-refractivity contribution in [3.05, 3.63) is 29.3 Å². The van der Waals surface area contributed by atoms with E-state index in [4.69, 9.17) is 0 Å². The maximum Gasteiger partial charge on any atom is 0.443 e. The Bertz CT molecular complexity index is 709. The van der Waals surface area contributed by atoms with Crippen LogP contribution < -0.4 is 10.6 Å². The molecule has 0 saturated carbocycles. The van der Waals surface area contributed by atoms with Crippen LogP contribution in [0.5, 0.6) is 0 Å². The smallest absolute Gasteiger partial charge is 0.443 e. The first-order valence-corrected chi connectivity index (χ1v) is 7.86. The number of anilines is 1. The first-order valence-electron chi connectivity index (χ1n) is 7.48. The highest BCUT2D eigenvalue weighted by Crippen LogP contribution is 2.53. The highest BCUT2D eigenvalue weighted by Gasteiger charge is 2.71. The molecule has 0 saturated heterocycles. The Kier molecular flexibility index (Phi) is 6.98. The van der Waals surface area contributed by atoms with E-state index in [2.05, 4.69) is 27.0 Å². The second-order valence-corrected chi connectivity index (χ2v) is 5.63. The van der Waals surface area contributed by atoms with Gasteiger partial charge in [0.15, 0.2) is 0 Å². The number of nitrogens with one attached hydrogen (secondary N) is 2. The van der Waals surface area contributed by atoms with Crippen LogP contribution in [-0.4, -0.2) is 36.5 Å². The van der Waals surface area contributed by atoms with Crippen LogP contribution in [0.1, 0.15) is 29.8 Å². The Morgan fingerprint density at radius 1 is 1.11 bits per heavy atom. The van der Waals surface area contributed by atoms with Crippen molar-refractivity contribution >= 4 is 29.3 Å². The Balaban J connectivity index is 3.45. The van der Waals surface area contributed by atoms with Gasteiger partial charge >= 0.3 is 29.2 Å². The van der Waals surface area contributed by atoms with Gasteiger partial charge in [0.2, 0.25) is 0 Å². The van der Waals surface area contributed by atoms with Crippen molar-refractivity contribution in [1.82, 2.24) is 5.32 Å². The monoisotopic (exact) mass is 420 g/mol. The number of amides is 2. The summed E-state index contributed by atoms with van der Waals surface area (Å²) in [5.41, 5.74) is -2.55. The number of halogens is 7. The van der Waals surface area contributed by atoms with E-state index in [-0.39, 0.29) is 24.9 Å². The van der Waals surface area contributed by atoms with E-state index in [0.717, 1.165) is 0 Å². The maximum absolute atomic E-state index is 14.1. The van der Waals surface area contributed by atoms with E-state index in [9.17, 15) is 35.9 Å². The van der Waals surface area contributed by atoms with Crippen LogP contribution in [0, 0.1) is 0 Å². The van der Waals surface area contributed by atoms with Crippen LogP contribution in [0.3, 0.4) is 0 Å². The van der Waals surface area contributed by atoms with Gasteiger partial charge in [0.05, 0.1) is 17.9 Å². The van der Waals surface area contributed by atoms with E-state index in [1.807, 2.05) is 0 Å². The fraction of sp³-hybridized carbons (Fsp3) is 0.467. The highest BCUT2D eigenvalue weighted by molar-refractivity contribution is 6.24. The normalized spacial score (nSPS) is 14.3. The summed E-state index contributed by atoms with van der Waals surface area (Å²) in [6.45, 7) is 2.97. The van der Waals surface area contributed by atoms with Crippen molar-refractivity contribution in [3.8, 4) is 0 Å². The lowest BCUT2D eigenvalue weighted by molar-refractivity contribution is -0.270. The van der Waals surface area contributed by atoms with E-state index in [1.165, 1.54) is 6.92 Å². The first-order chi connectivity index (χ1) is 12.3. The molecule has 0 heterocycles. The number of carbonyl (C=O) groups is 2. The lowest BCUT2D eigenvalue weighted by atomic mass is 9.99. The number of esters is 1. The Labute approximate surface area is 155 Å². The average Bonchev–Trinajstić information content (AvgIpc) is 2.54. The third-order valence-corrected chi connectivity index (χ3v) is 3.66. The molecule has 1 unspecified atom stereocenters. The molecule has 5 nitrogen and oxygen atoms in total. The molecule has 27 heavy (non-hydrogen) atoms. The predicted molar refractivity (Wildman–Crippen MR) is 84.7 cm³/mol. The zero-order valence-electron chi connectivity index (χ0n) is 14.0. The number of ether oxygens (including phenoxy) is 1. The Morgan fingerprint density at radius 2 is 1.70 bits per heavy atom. The molecule has 0 aliphatic rings. The summed E-state index contributed by atoms with van der Waals surface area (Å²) in [7, 11) is 0. The van der Waals surface area contributed by atoms with Gasteiger partial charge in [-0.3, -0.25) is 0 Å². The number of alkyl halides is 7. The molecule has 2 amide bonds. The summed E-state index contributed by atoms with van der Waals surface area (Å²) in [5.74, 6) is -6.45. The second kappa shape index (κ2) is 8.24. The minimum absolute atomic E-state index is 0.189. The van der Waals surface area contributed by atoms with Gasteiger partial charge in [-0.15, -0.1) is 0 Å². The first kappa shape index (κ1) is 22.9. The second-order valence-electron chi connectivity index (χ2n) is 5.11. The van der Waals surface area contributed by atoms with E-state index >= 15 is 0 Å². The molecular formula is C15H15ClF6N2O3. The number of carbonyl (C=O) groups excluding carboxylic acids is 2. The number of urea groups is 1. The Hall–Kier alpha value is -2.17. The standard InChI is InChI=1S/C15H15ClF6N2O3/c1-3-23-12(26)24-10-6-5-8(7-9(10)11(25)27-4-2)13(17,18)14(16,19)15(20,21)22/h5-7H,3-4H2,1-2H3,(H2,23,24,26). The molecule has 152 valence electrons. The van der Waals surface area contributed by atoms with Crippen LogP contribution in [0.15, 0.2) is 18.2 Å². The van der Waals surface area contributed by atoms with E-state index in [1.54, 1.807) is 6.92 Å². The highest BCUT2D eigenvalue weighted by atomic mass is 35.5. The predicted octanol–water partition coefficient (Wildman–Crippen LogP) is 4.56. The molecule has 0 aliphatic carbocycles. The molecule has 0 radical (unpaired) electrons. The summed E-state index contributed by atoms with van der Waals surface area (Å²) >= 11 is 4.46. The van der Waals surface area contributed by atoms with Crippen molar-refractivity contribution in [3.63, 3.8) is 0 Å². The van der Waals surface area contributed by atoms with Gasteiger partial charge in [0, 0.05) is 12.1 Å². The Morgan fingerprint density at radius 3 is 2.19 bits per heavy atom. The molecule has 0 spiro atoms. The fourth-order valence-electron chi connectivity index (χ4n) is 1.91. The van der Waals surface area contributed by atoms with Crippen LogP contribution in [0.2, 0.25) is 0 Å². The van der Waals surface area contributed by atoms with Crippen LogP contribution in [-0.2, 0) is 10.7 Å². The molecule has 0 aromatic heterocycles. The molecule has 0 bridgehead atoms. The molecule has 0 fully saturated rings. The molecular weight excluding hydrogens is 406 g/mol. The van der Waals surface area contributed by atoms with Crippen molar-refractivity contribution in [1.29, 1.82) is 0 Å². The summed E-state index contributed by atoms with van der Waals surface area (Å²) in [4.78, 5) is 23.5. The fourth-order valence-corrected chi connectivity index (χ4v) is 2.02. The lowest BCUT2D eigenvalue weighted by Crippen LogP contribution is -2.49. The minimum atomic E-state index is -6.10. The largest absolute Gasteiger partial charge is 0.462 e. The van der Waals surface area contributed by atoms with E-state index in [0.29, 0.717) is 12.1 Å². The lowest BCUT2D eigenvalue weighted by Gasteiger charge is -2.30. The van der Waals surface area contributed by atoms with Crippen LogP contribution in [0.25, 0.3) is 0 Å². The third-order valence-electron chi connectivity index (χ3n) is 3.21. The summed E-state index contributed by atoms with van der Waals surface area (Å²) in [6, 6.07) is 0.595. The van der Waals surface area contributed by atoms with Crippen molar-refractivity contribution in [2.75, 3.05) is 18.5 Å². The quantitative estimate of drug-likeness (QED) is 0.402. The van der Waals surface area contributed by atoms with Gasteiger partial charge < -0.3 is 15.4 Å². The minimum Gasteiger partial charge on any atom is -0.462 e. The van der Waals surface area contributed by atoms with Gasteiger partial charge in [-0.25, -0.2) is 14.0 Å². The van der Waals surface area contributed by atoms with Gasteiger partial charge in [-0.05, 0) is 26.0 Å². The van der Waals surface area contributed by atoms with Crippen LogP contribution in [0.4, 0.5) is 36.8 Å². The SMILES string of the molecule is CCNC(=O)Nc1ccc(C(F)(F)C(F)(Cl)C(F)(F)F)cc1C(=O)OCC. The van der Waals surface area contributed by atoms with Crippen molar-refractivity contribution in [2.24, 2.45) is 0 Å². The summed E-state index contributed by atoms with van der Waals surface area (Å²) < 4.78 is 84.2. The van der Waals surface area contributed by atoms with Gasteiger partial charge in [-0.2, -0.15) is 22.0 Å². The van der Waals surface area contributed by atoms with Gasteiger partial charge in [0.25, 0.3) is 0 Å². The molecule has 12 heteroatoms. The topological polar surface area (TPSA) is 67.4 Å². The molecule has 1 aromatic carbocycles. The zero-order valence-corrected chi connectivity index (χ0v) is 14.8. The third kappa shape index (κ3) is 4.76. The van der Waals surface area contributed by atoms with Crippen LogP contribution >= 0.6 is 11.6 Å². The summed E-state index contributed by atoms with van der Waals surface area (Å²) in [6.07, 6.45) is -6.10. The molecule has 0 aliphatic heterocycles. The summed E-state index contributed by atoms with van der Waals surface area (Å²) in [5, 5.41) is -0.962. The number of benzene rings is 1. The van der Waals surface area contributed by atoms with Gasteiger partial charge in [0.1, 0.15) is 0 Å². The molecule has 2 N–H and O–H groups in total. The van der Waals surface area contributed by atoms with Crippen molar-refractivity contribution in [2.45, 2.75) is 31.1 Å². The average molecular weight is 421 g/mol.